The van der Waals surface area contributed by atoms with Gasteiger partial charge in [-0.25, -0.2) is 0 Å². The molecule has 0 spiro atoms. The Bertz CT molecular complexity index is 606. The molecule has 0 radical (unpaired) electrons. The molecule has 1 saturated heterocycles. The summed E-state index contributed by atoms with van der Waals surface area (Å²) in [6.45, 7) is 0.875. The van der Waals surface area contributed by atoms with Crippen LogP contribution in [0.3, 0.4) is 0 Å². The van der Waals surface area contributed by atoms with Gasteiger partial charge in [-0.1, -0.05) is 39.3 Å². The zero-order valence-corrected chi connectivity index (χ0v) is 13.4. The highest BCUT2D eigenvalue weighted by Gasteiger charge is 2.20. The van der Waals surface area contributed by atoms with Crippen molar-refractivity contribution in [3.63, 3.8) is 0 Å². The molecular formula is C16H19BrN2O2. The summed E-state index contributed by atoms with van der Waals surface area (Å²) in [5, 5.41) is 3.94. The van der Waals surface area contributed by atoms with Crippen LogP contribution >= 0.6 is 15.9 Å². The lowest BCUT2D eigenvalue weighted by Crippen LogP contribution is -2.19. The Morgan fingerprint density at radius 1 is 1.29 bits per heavy atom. The number of hydrogen-bond acceptors (Lipinski definition) is 4. The van der Waals surface area contributed by atoms with Gasteiger partial charge in [-0.15, -0.1) is 0 Å². The normalized spacial score (nSPS) is 18.8. The lowest BCUT2D eigenvalue weighted by Gasteiger charge is -2.22. The number of aryl methyl sites for hydroxylation is 1. The number of nitrogens with zero attached hydrogens (tertiary/aromatic N) is 1. The molecule has 0 saturated carbocycles. The van der Waals surface area contributed by atoms with Gasteiger partial charge in [0.15, 0.2) is 5.82 Å². The quantitative estimate of drug-likeness (QED) is 0.897. The lowest BCUT2D eigenvalue weighted by atomic mass is 10.00. The average molecular weight is 351 g/mol. The van der Waals surface area contributed by atoms with Gasteiger partial charge in [0.05, 0.1) is 11.7 Å². The highest BCUT2D eigenvalue weighted by molar-refractivity contribution is 9.10. The highest BCUT2D eigenvalue weighted by Crippen LogP contribution is 2.35. The fourth-order valence-electron chi connectivity index (χ4n) is 2.79. The van der Waals surface area contributed by atoms with Gasteiger partial charge in [-0.3, -0.25) is 0 Å². The van der Waals surface area contributed by atoms with Crippen LogP contribution in [0.2, 0.25) is 0 Å². The van der Waals surface area contributed by atoms with Crippen molar-refractivity contribution in [3.05, 3.63) is 34.5 Å². The lowest BCUT2D eigenvalue weighted by molar-refractivity contribution is 0.0106. The van der Waals surface area contributed by atoms with E-state index in [-0.39, 0.29) is 0 Å². The maximum atomic E-state index is 5.99. The summed E-state index contributed by atoms with van der Waals surface area (Å²) >= 11 is 3.56. The second kappa shape index (κ2) is 6.62. The van der Waals surface area contributed by atoms with Crippen LogP contribution in [-0.2, 0) is 11.2 Å². The molecule has 2 aromatic rings. The number of nitrogen functional groups attached to an aromatic ring is 1. The highest BCUT2D eigenvalue weighted by atomic mass is 79.9. The summed E-state index contributed by atoms with van der Waals surface area (Å²) in [7, 11) is 0. The zero-order chi connectivity index (χ0) is 14.7. The number of halogens is 1. The number of anilines is 1. The van der Waals surface area contributed by atoms with Crippen LogP contribution in [0.1, 0.15) is 31.4 Å². The van der Waals surface area contributed by atoms with Crippen molar-refractivity contribution in [1.29, 1.82) is 0 Å². The van der Waals surface area contributed by atoms with E-state index in [0.29, 0.717) is 11.9 Å². The van der Waals surface area contributed by atoms with Crippen LogP contribution in [0.5, 0.6) is 0 Å². The first-order chi connectivity index (χ1) is 10.3. The van der Waals surface area contributed by atoms with Gasteiger partial charge < -0.3 is 15.0 Å². The largest absolute Gasteiger partial charge is 0.380 e. The van der Waals surface area contributed by atoms with Gasteiger partial charge >= 0.3 is 0 Å². The Balaban J connectivity index is 1.79. The smallest absolute Gasteiger partial charge is 0.175 e. The number of ether oxygens (including phenoxy) is 1. The number of aromatic nitrogens is 1. The van der Waals surface area contributed by atoms with Crippen LogP contribution in [0, 0.1) is 0 Å². The zero-order valence-electron chi connectivity index (χ0n) is 11.8. The third kappa shape index (κ3) is 3.30. The number of nitrogens with two attached hydrogens (primary N) is 1. The predicted octanol–water partition coefficient (Wildman–Crippen LogP) is 4.19. The van der Waals surface area contributed by atoms with Crippen molar-refractivity contribution in [2.75, 3.05) is 12.3 Å². The molecule has 1 aliphatic heterocycles. The Kier molecular flexibility index (Phi) is 4.60. The van der Waals surface area contributed by atoms with E-state index >= 15 is 0 Å². The first-order valence-electron chi connectivity index (χ1n) is 7.36. The van der Waals surface area contributed by atoms with E-state index in [0.717, 1.165) is 47.2 Å². The summed E-state index contributed by atoms with van der Waals surface area (Å²) in [6, 6.07) is 7.98. The molecule has 2 heterocycles. The van der Waals surface area contributed by atoms with Crippen molar-refractivity contribution in [3.8, 4) is 11.1 Å². The summed E-state index contributed by atoms with van der Waals surface area (Å²) in [5.74, 6) is 1.29. The molecule has 4 nitrogen and oxygen atoms in total. The van der Waals surface area contributed by atoms with Gasteiger partial charge in [0.25, 0.3) is 0 Å². The van der Waals surface area contributed by atoms with Crippen LogP contribution in [0.15, 0.2) is 33.3 Å². The van der Waals surface area contributed by atoms with Crippen molar-refractivity contribution in [1.82, 2.24) is 5.16 Å². The topological polar surface area (TPSA) is 61.3 Å². The second-order valence-corrected chi connectivity index (χ2v) is 6.23. The standard InChI is InChI=1S/C16H19BrN2O2/c17-13-7-2-1-6-12(13)15-14(21-19-16(15)18)9-8-11-5-3-4-10-20-11/h1-2,6-7,11H,3-5,8-10H2,(H2,18,19). The molecule has 1 aromatic carbocycles. The minimum Gasteiger partial charge on any atom is -0.380 e. The Morgan fingerprint density at radius 3 is 2.90 bits per heavy atom. The minimum absolute atomic E-state index is 0.331. The van der Waals surface area contributed by atoms with Gasteiger partial charge in [0.1, 0.15) is 5.76 Å². The molecule has 0 bridgehead atoms. The maximum Gasteiger partial charge on any atom is 0.175 e. The Hall–Kier alpha value is -1.33. The fraction of sp³-hybridized carbons (Fsp3) is 0.438. The molecule has 0 amide bonds. The summed E-state index contributed by atoms with van der Waals surface area (Å²) in [6.07, 6.45) is 5.64. The van der Waals surface area contributed by atoms with E-state index in [9.17, 15) is 0 Å². The monoisotopic (exact) mass is 350 g/mol. The van der Waals surface area contributed by atoms with Crippen molar-refractivity contribution < 1.29 is 9.26 Å². The second-order valence-electron chi connectivity index (χ2n) is 5.37. The Labute approximate surface area is 132 Å². The minimum atomic E-state index is 0.331. The molecule has 0 aliphatic carbocycles. The predicted molar refractivity (Wildman–Crippen MR) is 86.0 cm³/mol. The van der Waals surface area contributed by atoms with Gasteiger partial charge in [-0.2, -0.15) is 0 Å². The maximum absolute atomic E-state index is 5.99. The third-order valence-corrected chi connectivity index (χ3v) is 4.59. The van der Waals surface area contributed by atoms with E-state index in [2.05, 4.69) is 21.1 Å². The van der Waals surface area contributed by atoms with E-state index in [4.69, 9.17) is 15.0 Å². The molecule has 112 valence electrons. The van der Waals surface area contributed by atoms with E-state index in [1.54, 1.807) is 0 Å². The summed E-state index contributed by atoms with van der Waals surface area (Å²) in [5.41, 5.74) is 7.92. The molecule has 3 rings (SSSR count). The molecule has 1 aliphatic rings. The summed E-state index contributed by atoms with van der Waals surface area (Å²) in [4.78, 5) is 0. The molecule has 1 unspecified atom stereocenters. The van der Waals surface area contributed by atoms with E-state index < -0.39 is 0 Å². The molecule has 2 N–H and O–H groups in total. The van der Waals surface area contributed by atoms with Crippen molar-refractivity contribution in [2.24, 2.45) is 0 Å². The molecular weight excluding hydrogens is 332 g/mol. The van der Waals surface area contributed by atoms with Gasteiger partial charge in [0, 0.05) is 23.1 Å². The molecule has 1 atom stereocenters. The fourth-order valence-corrected chi connectivity index (χ4v) is 3.27. The molecule has 1 aromatic heterocycles. The van der Waals surface area contributed by atoms with E-state index in [1.165, 1.54) is 12.8 Å². The van der Waals surface area contributed by atoms with E-state index in [1.807, 2.05) is 24.3 Å². The first-order valence-corrected chi connectivity index (χ1v) is 8.15. The van der Waals surface area contributed by atoms with Crippen LogP contribution in [0.4, 0.5) is 5.82 Å². The Morgan fingerprint density at radius 2 is 2.14 bits per heavy atom. The van der Waals surface area contributed by atoms with Crippen LogP contribution in [-0.4, -0.2) is 17.9 Å². The SMILES string of the molecule is Nc1noc(CCC2CCCCO2)c1-c1ccccc1Br. The van der Waals surface area contributed by atoms with Crippen molar-refractivity contribution in [2.45, 2.75) is 38.2 Å². The summed E-state index contributed by atoms with van der Waals surface area (Å²) < 4.78 is 12.2. The molecule has 21 heavy (non-hydrogen) atoms. The molecule has 1 fully saturated rings. The number of hydrogen-bond donors (Lipinski definition) is 1. The first kappa shape index (κ1) is 14.6. The van der Waals surface area contributed by atoms with Crippen LogP contribution < -0.4 is 5.73 Å². The van der Waals surface area contributed by atoms with Crippen LogP contribution in [0.25, 0.3) is 11.1 Å². The van der Waals surface area contributed by atoms with Crippen molar-refractivity contribution >= 4 is 21.7 Å². The average Bonchev–Trinajstić information content (AvgIpc) is 2.88. The molecule has 5 heteroatoms. The number of rotatable bonds is 4. The number of benzene rings is 1. The third-order valence-electron chi connectivity index (χ3n) is 3.90. The van der Waals surface area contributed by atoms with Gasteiger partial charge in [0.2, 0.25) is 0 Å². The van der Waals surface area contributed by atoms with Gasteiger partial charge in [-0.05, 0) is 31.7 Å².